The summed E-state index contributed by atoms with van der Waals surface area (Å²) >= 11 is 0. The molecule has 4 nitrogen and oxygen atoms in total. The van der Waals surface area contributed by atoms with Gasteiger partial charge >= 0.3 is 0 Å². The standard InChI is InChI=1S/C10H10N2O2/c1-7-3-4-9(12-8(2)14)5-10(7)11-6-13/h3-5H,1-2H3,(H,12,14). The van der Waals surface area contributed by atoms with Crippen molar-refractivity contribution in [2.45, 2.75) is 13.8 Å². The Morgan fingerprint density at radius 2 is 2.21 bits per heavy atom. The Labute approximate surface area is 81.7 Å². The molecule has 0 unspecified atom stereocenters. The quantitative estimate of drug-likeness (QED) is 0.572. The first-order valence-corrected chi connectivity index (χ1v) is 4.09. The second-order valence-electron chi connectivity index (χ2n) is 2.89. The van der Waals surface area contributed by atoms with Gasteiger partial charge in [-0.05, 0) is 24.6 Å². The molecule has 1 aromatic carbocycles. The number of nitrogens with zero attached hydrogens (tertiary/aromatic N) is 1. The number of carbonyl (C=O) groups is 1. The molecule has 0 atom stereocenters. The lowest BCUT2D eigenvalue weighted by Crippen LogP contribution is -2.05. The predicted octanol–water partition coefficient (Wildman–Crippen LogP) is 1.92. The lowest BCUT2D eigenvalue weighted by Gasteiger charge is -2.03. The molecule has 4 heteroatoms. The van der Waals surface area contributed by atoms with Crippen LogP contribution in [0.15, 0.2) is 23.2 Å². The van der Waals surface area contributed by atoms with E-state index < -0.39 is 0 Å². The first-order valence-electron chi connectivity index (χ1n) is 4.09. The van der Waals surface area contributed by atoms with E-state index in [-0.39, 0.29) is 5.91 Å². The lowest BCUT2D eigenvalue weighted by atomic mass is 10.2. The molecule has 0 saturated heterocycles. The highest BCUT2D eigenvalue weighted by molar-refractivity contribution is 5.89. The Bertz CT molecular complexity index is 407. The minimum Gasteiger partial charge on any atom is -0.326 e. The van der Waals surface area contributed by atoms with Gasteiger partial charge in [0.25, 0.3) is 0 Å². The van der Waals surface area contributed by atoms with Crippen molar-refractivity contribution in [1.82, 2.24) is 0 Å². The van der Waals surface area contributed by atoms with Gasteiger partial charge in [-0.1, -0.05) is 6.07 Å². The summed E-state index contributed by atoms with van der Waals surface area (Å²) in [5.41, 5.74) is 2.01. The number of nitrogens with one attached hydrogen (secondary N) is 1. The zero-order chi connectivity index (χ0) is 10.6. The number of anilines is 1. The van der Waals surface area contributed by atoms with Crippen LogP contribution < -0.4 is 5.32 Å². The molecule has 0 fully saturated rings. The summed E-state index contributed by atoms with van der Waals surface area (Å²) in [5, 5.41) is 2.60. The Balaban J connectivity index is 3.05. The first kappa shape index (κ1) is 10.2. The van der Waals surface area contributed by atoms with E-state index in [0.717, 1.165) is 5.56 Å². The van der Waals surface area contributed by atoms with Gasteiger partial charge in [-0.2, -0.15) is 4.99 Å². The van der Waals surface area contributed by atoms with Gasteiger partial charge in [0.15, 0.2) is 0 Å². The summed E-state index contributed by atoms with van der Waals surface area (Å²) in [6.45, 7) is 3.25. The van der Waals surface area contributed by atoms with Gasteiger partial charge in [-0.25, -0.2) is 4.79 Å². The van der Waals surface area contributed by atoms with Crippen LogP contribution in [-0.2, 0) is 9.59 Å². The minimum atomic E-state index is -0.158. The molecule has 14 heavy (non-hydrogen) atoms. The third-order valence-corrected chi connectivity index (χ3v) is 1.70. The second-order valence-corrected chi connectivity index (χ2v) is 2.89. The fourth-order valence-corrected chi connectivity index (χ4v) is 1.06. The van der Waals surface area contributed by atoms with Crippen molar-refractivity contribution in [2.24, 2.45) is 4.99 Å². The van der Waals surface area contributed by atoms with Crippen LogP contribution in [0.1, 0.15) is 12.5 Å². The zero-order valence-electron chi connectivity index (χ0n) is 8.00. The molecular formula is C10H10N2O2. The van der Waals surface area contributed by atoms with Crippen LogP contribution in [0.4, 0.5) is 11.4 Å². The van der Waals surface area contributed by atoms with Crippen molar-refractivity contribution >= 4 is 23.4 Å². The predicted molar refractivity (Wildman–Crippen MR) is 53.3 cm³/mol. The molecule has 0 aliphatic heterocycles. The number of hydrogen-bond donors (Lipinski definition) is 1. The smallest absolute Gasteiger partial charge is 0.240 e. The fourth-order valence-electron chi connectivity index (χ4n) is 1.06. The second kappa shape index (κ2) is 4.35. The summed E-state index contributed by atoms with van der Waals surface area (Å²) in [6, 6.07) is 5.16. The van der Waals surface area contributed by atoms with Crippen molar-refractivity contribution in [2.75, 3.05) is 5.32 Å². The van der Waals surface area contributed by atoms with E-state index in [1.165, 1.54) is 13.0 Å². The molecule has 0 aliphatic carbocycles. The number of isocyanates is 1. The maximum atomic E-state index is 10.7. The fraction of sp³-hybridized carbons (Fsp3) is 0.200. The topological polar surface area (TPSA) is 58.5 Å². The maximum absolute atomic E-state index is 10.7. The molecule has 0 saturated carbocycles. The van der Waals surface area contributed by atoms with Gasteiger partial charge in [0.1, 0.15) is 0 Å². The van der Waals surface area contributed by atoms with E-state index in [4.69, 9.17) is 0 Å². The van der Waals surface area contributed by atoms with E-state index in [0.29, 0.717) is 11.4 Å². The van der Waals surface area contributed by atoms with Crippen LogP contribution in [-0.4, -0.2) is 12.0 Å². The van der Waals surface area contributed by atoms with Crippen molar-refractivity contribution in [3.8, 4) is 0 Å². The third kappa shape index (κ3) is 2.54. The van der Waals surface area contributed by atoms with E-state index in [9.17, 15) is 9.59 Å². The Morgan fingerprint density at radius 1 is 1.50 bits per heavy atom. The van der Waals surface area contributed by atoms with Gasteiger partial charge in [0.05, 0.1) is 5.69 Å². The number of hydrogen-bond acceptors (Lipinski definition) is 3. The minimum absolute atomic E-state index is 0.158. The van der Waals surface area contributed by atoms with Crippen LogP contribution in [0.25, 0.3) is 0 Å². The average molecular weight is 190 g/mol. The highest BCUT2D eigenvalue weighted by Crippen LogP contribution is 2.22. The van der Waals surface area contributed by atoms with Crippen LogP contribution in [0.3, 0.4) is 0 Å². The molecule has 1 N–H and O–H groups in total. The van der Waals surface area contributed by atoms with Gasteiger partial charge in [-0.3, -0.25) is 4.79 Å². The van der Waals surface area contributed by atoms with Gasteiger partial charge in [0.2, 0.25) is 12.0 Å². The summed E-state index contributed by atoms with van der Waals surface area (Å²) in [6.07, 6.45) is 1.47. The summed E-state index contributed by atoms with van der Waals surface area (Å²) < 4.78 is 0. The number of carbonyl (C=O) groups excluding carboxylic acids is 2. The molecule has 0 radical (unpaired) electrons. The van der Waals surface area contributed by atoms with E-state index in [1.54, 1.807) is 18.2 Å². The number of aliphatic imine (C=N–C) groups is 1. The maximum Gasteiger partial charge on any atom is 0.240 e. The largest absolute Gasteiger partial charge is 0.326 e. The van der Waals surface area contributed by atoms with Gasteiger partial charge in [-0.15, -0.1) is 0 Å². The zero-order valence-corrected chi connectivity index (χ0v) is 8.00. The first-order chi connectivity index (χ1) is 6.63. The van der Waals surface area contributed by atoms with Crippen LogP contribution >= 0.6 is 0 Å². The molecule has 0 aliphatic rings. The Morgan fingerprint density at radius 3 is 2.79 bits per heavy atom. The number of amides is 1. The number of benzene rings is 1. The van der Waals surface area contributed by atoms with Crippen molar-refractivity contribution in [3.05, 3.63) is 23.8 Å². The van der Waals surface area contributed by atoms with Crippen LogP contribution in [0, 0.1) is 6.92 Å². The van der Waals surface area contributed by atoms with Crippen molar-refractivity contribution < 1.29 is 9.59 Å². The molecule has 72 valence electrons. The van der Waals surface area contributed by atoms with E-state index in [1.807, 2.05) is 6.92 Å². The van der Waals surface area contributed by atoms with Crippen molar-refractivity contribution in [3.63, 3.8) is 0 Å². The third-order valence-electron chi connectivity index (χ3n) is 1.70. The van der Waals surface area contributed by atoms with E-state index >= 15 is 0 Å². The monoisotopic (exact) mass is 190 g/mol. The molecular weight excluding hydrogens is 180 g/mol. The molecule has 0 bridgehead atoms. The average Bonchev–Trinajstić information content (AvgIpc) is 2.10. The number of rotatable bonds is 2. The SMILES string of the molecule is CC(=O)Nc1ccc(C)c(N=C=O)c1. The molecule has 1 amide bonds. The van der Waals surface area contributed by atoms with Gasteiger partial charge < -0.3 is 5.32 Å². The normalized spacial score (nSPS) is 9.00. The lowest BCUT2D eigenvalue weighted by molar-refractivity contribution is -0.114. The molecule has 0 spiro atoms. The van der Waals surface area contributed by atoms with Crippen molar-refractivity contribution in [1.29, 1.82) is 0 Å². The Hall–Kier alpha value is -1.93. The van der Waals surface area contributed by atoms with E-state index in [2.05, 4.69) is 10.3 Å². The highest BCUT2D eigenvalue weighted by atomic mass is 16.1. The molecule has 0 aromatic heterocycles. The Kier molecular flexibility index (Phi) is 3.15. The summed E-state index contributed by atoms with van der Waals surface area (Å²) in [4.78, 5) is 24.3. The summed E-state index contributed by atoms with van der Waals surface area (Å²) in [5.74, 6) is -0.158. The highest BCUT2D eigenvalue weighted by Gasteiger charge is 2.00. The number of aryl methyl sites for hydroxylation is 1. The summed E-state index contributed by atoms with van der Waals surface area (Å²) in [7, 11) is 0. The molecule has 1 aromatic rings. The molecule has 0 heterocycles. The van der Waals surface area contributed by atoms with Crippen LogP contribution in [0.2, 0.25) is 0 Å². The van der Waals surface area contributed by atoms with Crippen LogP contribution in [0.5, 0.6) is 0 Å². The van der Waals surface area contributed by atoms with Gasteiger partial charge in [0, 0.05) is 12.6 Å². The molecule has 1 rings (SSSR count).